The molecule has 0 saturated carbocycles. The van der Waals surface area contributed by atoms with Crippen LogP contribution in [-0.4, -0.2) is 41.3 Å². The number of rotatable bonds is 8. The first kappa shape index (κ1) is 62.9. The minimum absolute atomic E-state index is 0. The minimum atomic E-state index is -1.03. The standard InChI is InChI=1S/C82H72N6O4S2.Zn/c1-79(2,3)49-21-33-65-53(41-49)54-42-50(80(4,5)6)22-34-66(54)87(65)71-39-37-69(93-71)75-61-29-27-59(84-61)73(45-13-17-47(18-14-45)77(89)90)57-25-26-58(83-57)74(46-15-19-48(20-16-46)78(91)92)60-28-30-62(85-60)76(64-32-31-63(75)86-64)70-38-40-72(94-70)88-67-35-23-51(81(7,8)9)43-55(67)56-44-52(82(10,11)12)24-36-68(56)88;/h13-44H,1-12H3,(H4,83,84,85,86,89,90,91,92);/q;+2/p-2. The molecule has 2 aliphatic heterocycles. The molecular formula is C82H70N6O4S2Zn. The zero-order valence-corrected chi connectivity index (χ0v) is 60.0. The van der Waals surface area contributed by atoms with E-state index in [0.717, 1.165) is 75.5 Å². The fourth-order valence-corrected chi connectivity index (χ4v) is 15.5. The van der Waals surface area contributed by atoms with Crippen LogP contribution in [0.25, 0.3) is 143 Å². The Hall–Kier alpha value is -9.52. The van der Waals surface area contributed by atoms with E-state index in [1.807, 2.05) is 48.6 Å². The number of fused-ring (bicyclic) bond motifs is 14. The van der Waals surface area contributed by atoms with Crippen molar-refractivity contribution in [2.45, 2.75) is 105 Å². The predicted octanol–water partition coefficient (Wildman–Crippen LogP) is 21.5. The molecule has 0 atom stereocenters. The fraction of sp³-hybridized carbons (Fsp3) is 0.195. The molecule has 0 unspecified atom stereocenters. The molecule has 0 radical (unpaired) electrons. The molecule has 9 heterocycles. The second kappa shape index (κ2) is 22.9. The summed E-state index contributed by atoms with van der Waals surface area (Å²) in [6.45, 7) is 27.2. The Balaban J connectivity index is 0.00000778. The first-order valence-electron chi connectivity index (χ1n) is 31.9. The van der Waals surface area contributed by atoms with Gasteiger partial charge >= 0.3 is 31.4 Å². The SMILES string of the molecule is CC(C)(C)c1ccc2c(c1)c1cc(C(C)(C)C)ccc1n2-c1ccc(-c2c3nc(c(-c4ccc(-n5c6ccc(C(C)(C)C)cc6c6cc(C(C)(C)C)ccc65)s4)c4ccc([n-]4)c(-c4ccc(C(=O)O)cc4)c4nc(c(-c5ccc(C(=O)O)cc5)c5ccc2[n-]5)C=C4)C=C3)s1.[Zn+2]. The van der Waals surface area contributed by atoms with Crippen LogP contribution in [0.15, 0.2) is 170 Å². The molecule has 95 heavy (non-hydrogen) atoms. The third-order valence-corrected chi connectivity index (χ3v) is 20.7. The van der Waals surface area contributed by atoms with Gasteiger partial charge in [0.1, 0.15) is 10.0 Å². The molecule has 13 heteroatoms. The van der Waals surface area contributed by atoms with E-state index in [-0.39, 0.29) is 52.3 Å². The molecule has 7 aromatic heterocycles. The van der Waals surface area contributed by atoms with Crippen molar-refractivity contribution in [1.29, 1.82) is 0 Å². The maximum absolute atomic E-state index is 12.3. The summed E-state index contributed by atoms with van der Waals surface area (Å²) >= 11 is 3.40. The first-order chi connectivity index (χ1) is 44.7. The summed E-state index contributed by atoms with van der Waals surface area (Å²) < 4.78 is 4.81. The molecule has 15 rings (SSSR count). The Morgan fingerprint density at radius 3 is 0.905 bits per heavy atom. The second-order valence-corrected chi connectivity index (χ2v) is 31.1. The van der Waals surface area contributed by atoms with Crippen LogP contribution in [-0.2, 0) is 41.1 Å². The van der Waals surface area contributed by atoms with E-state index >= 15 is 0 Å². The van der Waals surface area contributed by atoms with E-state index < -0.39 is 11.9 Å². The Labute approximate surface area is 572 Å². The number of hydrogen-bond donors (Lipinski definition) is 2. The Bertz CT molecular complexity index is 5120. The third-order valence-electron chi connectivity index (χ3n) is 18.6. The van der Waals surface area contributed by atoms with Crippen LogP contribution < -0.4 is 9.97 Å². The molecule has 0 spiro atoms. The summed E-state index contributed by atoms with van der Waals surface area (Å²) in [7, 11) is 0. The first-order valence-corrected chi connectivity index (χ1v) is 33.5. The van der Waals surface area contributed by atoms with E-state index in [4.69, 9.17) is 19.9 Å². The van der Waals surface area contributed by atoms with Crippen molar-refractivity contribution < 1.29 is 39.3 Å². The number of thiophene rings is 2. The van der Waals surface area contributed by atoms with E-state index in [1.165, 1.54) is 43.8 Å². The number of hydrogen-bond acceptors (Lipinski definition) is 6. The van der Waals surface area contributed by atoms with E-state index in [1.54, 1.807) is 46.9 Å². The quantitative estimate of drug-likeness (QED) is 0.143. The van der Waals surface area contributed by atoms with Crippen LogP contribution in [0.4, 0.5) is 0 Å². The van der Waals surface area contributed by atoms with E-state index in [2.05, 4.69) is 214 Å². The minimum Gasteiger partial charge on any atom is -0.657 e. The van der Waals surface area contributed by atoms with E-state index in [9.17, 15) is 19.8 Å². The second-order valence-electron chi connectivity index (χ2n) is 29.0. The Kier molecular flexibility index (Phi) is 15.1. The summed E-state index contributed by atoms with van der Waals surface area (Å²) in [6.07, 6.45) is 8.13. The van der Waals surface area contributed by atoms with Crippen LogP contribution in [0.1, 0.15) is 149 Å². The van der Waals surface area contributed by atoms with Gasteiger partial charge < -0.3 is 29.3 Å². The van der Waals surface area contributed by atoms with Gasteiger partial charge in [-0.05, 0) is 188 Å². The van der Waals surface area contributed by atoms with Crippen molar-refractivity contribution in [3.63, 3.8) is 0 Å². The molecule has 6 aromatic carbocycles. The number of carboxylic acid groups (broad SMARTS) is 2. The molecule has 13 aromatic rings. The maximum atomic E-state index is 12.3. The van der Waals surface area contributed by atoms with Gasteiger partial charge in [0.25, 0.3) is 0 Å². The van der Waals surface area contributed by atoms with Crippen LogP contribution in [0.5, 0.6) is 0 Å². The molecule has 8 bridgehead atoms. The van der Waals surface area contributed by atoms with Gasteiger partial charge in [0.05, 0.1) is 56.0 Å². The fourth-order valence-electron chi connectivity index (χ4n) is 13.3. The largest absolute Gasteiger partial charge is 2.00 e. The van der Waals surface area contributed by atoms with Gasteiger partial charge in [0, 0.05) is 42.4 Å². The maximum Gasteiger partial charge on any atom is 2.00 e. The summed E-state index contributed by atoms with van der Waals surface area (Å²) in [4.78, 5) is 48.8. The molecule has 0 amide bonds. The average Bonchev–Trinajstić information content (AvgIpc) is 1.59. The topological polar surface area (TPSA) is 138 Å². The van der Waals surface area contributed by atoms with Crippen molar-refractivity contribution in [2.75, 3.05) is 0 Å². The van der Waals surface area contributed by atoms with Gasteiger partial charge in [-0.2, -0.15) is 0 Å². The van der Waals surface area contributed by atoms with Gasteiger partial charge in [0.2, 0.25) is 0 Å². The van der Waals surface area contributed by atoms with Crippen molar-refractivity contribution in [1.82, 2.24) is 29.1 Å². The summed E-state index contributed by atoms with van der Waals surface area (Å²) in [6, 6.07) is 58.4. The van der Waals surface area contributed by atoms with Gasteiger partial charge in [-0.3, -0.25) is 0 Å². The van der Waals surface area contributed by atoms with Crippen LogP contribution in [0.3, 0.4) is 0 Å². The van der Waals surface area contributed by atoms with Crippen molar-refractivity contribution in [2.24, 2.45) is 0 Å². The molecular weight excluding hydrogens is 1260 g/mol. The number of aromatic nitrogens is 6. The van der Waals surface area contributed by atoms with Crippen LogP contribution in [0, 0.1) is 0 Å². The van der Waals surface area contributed by atoms with E-state index in [0.29, 0.717) is 44.6 Å². The number of carbonyl (C=O) groups is 2. The zero-order valence-electron chi connectivity index (χ0n) is 55.4. The number of benzene rings is 6. The third kappa shape index (κ3) is 11.0. The van der Waals surface area contributed by atoms with Crippen LogP contribution >= 0.6 is 22.7 Å². The Morgan fingerprint density at radius 2 is 0.632 bits per heavy atom. The molecule has 0 fully saturated rings. The number of aromatic carboxylic acids is 2. The number of nitrogens with zero attached hydrogens (tertiary/aromatic N) is 6. The monoisotopic (exact) mass is 1330 g/mol. The normalized spacial score (nSPS) is 12.8. The van der Waals surface area contributed by atoms with Crippen molar-refractivity contribution in [3.8, 4) is 53.1 Å². The molecule has 466 valence electrons. The molecule has 2 N–H and O–H groups in total. The van der Waals surface area contributed by atoms with Gasteiger partial charge in [-0.1, -0.05) is 156 Å². The van der Waals surface area contributed by atoms with Gasteiger partial charge in [-0.25, -0.2) is 19.6 Å². The average molecular weight is 1330 g/mol. The molecule has 10 nitrogen and oxygen atoms in total. The summed E-state index contributed by atoms with van der Waals surface area (Å²) in [5, 5.41) is 27.0. The van der Waals surface area contributed by atoms with Crippen LogP contribution in [0.2, 0.25) is 0 Å². The Morgan fingerprint density at radius 1 is 0.358 bits per heavy atom. The zero-order chi connectivity index (χ0) is 65.7. The smallest absolute Gasteiger partial charge is 0.657 e. The van der Waals surface area contributed by atoms with Crippen molar-refractivity contribution in [3.05, 3.63) is 226 Å². The summed E-state index contributed by atoms with van der Waals surface area (Å²) in [5.41, 5.74) is 19.6. The van der Waals surface area contributed by atoms with Gasteiger partial charge in [0.15, 0.2) is 0 Å². The molecule has 2 aliphatic rings. The van der Waals surface area contributed by atoms with Gasteiger partial charge in [-0.15, -0.1) is 44.7 Å². The summed E-state index contributed by atoms with van der Waals surface area (Å²) in [5.74, 6) is -2.05. The van der Waals surface area contributed by atoms with Crippen molar-refractivity contribution >= 4 is 125 Å². The molecule has 0 saturated heterocycles. The number of carboxylic acids is 2. The molecule has 0 aliphatic carbocycles. The predicted molar refractivity (Wildman–Crippen MR) is 392 cm³/mol.